The van der Waals surface area contributed by atoms with Crippen molar-refractivity contribution in [3.8, 4) is 5.75 Å². The largest absolute Gasteiger partial charge is 0.478 e. The topological polar surface area (TPSA) is 67.4 Å². The highest BCUT2D eigenvalue weighted by Crippen LogP contribution is 2.18. The van der Waals surface area contributed by atoms with E-state index in [4.69, 9.17) is 4.74 Å². The van der Waals surface area contributed by atoms with Crippen molar-refractivity contribution >= 4 is 22.6 Å². The quantitative estimate of drug-likeness (QED) is 0.709. The van der Waals surface area contributed by atoms with Gasteiger partial charge in [0.25, 0.3) is 11.8 Å². The SMILES string of the molecule is CC(Oc1ccccc1F)C(=O)NNC(=O)c1cccc2ccccc12. The van der Waals surface area contributed by atoms with Crippen molar-refractivity contribution in [2.45, 2.75) is 13.0 Å². The third-order valence-corrected chi connectivity index (χ3v) is 3.84. The van der Waals surface area contributed by atoms with Gasteiger partial charge in [0.05, 0.1) is 0 Å². The van der Waals surface area contributed by atoms with Crippen LogP contribution in [-0.2, 0) is 4.79 Å². The van der Waals surface area contributed by atoms with Crippen molar-refractivity contribution < 1.29 is 18.7 Å². The molecule has 0 radical (unpaired) electrons. The van der Waals surface area contributed by atoms with Crippen molar-refractivity contribution in [1.82, 2.24) is 10.9 Å². The molecule has 2 N–H and O–H groups in total. The highest BCUT2D eigenvalue weighted by molar-refractivity contribution is 6.07. The summed E-state index contributed by atoms with van der Waals surface area (Å²) in [6, 6.07) is 18.6. The Kier molecular flexibility index (Phi) is 5.12. The van der Waals surface area contributed by atoms with Crippen LogP contribution >= 0.6 is 0 Å². The van der Waals surface area contributed by atoms with E-state index in [0.29, 0.717) is 5.56 Å². The first-order valence-corrected chi connectivity index (χ1v) is 8.05. The molecule has 0 aromatic heterocycles. The lowest BCUT2D eigenvalue weighted by Crippen LogP contribution is -2.47. The predicted molar refractivity (Wildman–Crippen MR) is 96.0 cm³/mol. The van der Waals surface area contributed by atoms with Gasteiger partial charge < -0.3 is 4.74 Å². The Balaban J connectivity index is 1.63. The average molecular weight is 352 g/mol. The molecule has 2 amide bonds. The second kappa shape index (κ2) is 7.65. The summed E-state index contributed by atoms with van der Waals surface area (Å²) in [6.45, 7) is 1.46. The number of amides is 2. The normalized spacial score (nSPS) is 11.6. The van der Waals surface area contributed by atoms with Crippen LogP contribution in [0.2, 0.25) is 0 Å². The second-order valence-corrected chi connectivity index (χ2v) is 5.66. The number of halogens is 1. The molecule has 26 heavy (non-hydrogen) atoms. The number of nitrogens with one attached hydrogen (secondary N) is 2. The minimum Gasteiger partial charge on any atom is -0.478 e. The molecule has 0 aliphatic rings. The molecule has 6 heteroatoms. The number of carbonyl (C=O) groups excluding carboxylic acids is 2. The molecule has 0 spiro atoms. The fourth-order valence-electron chi connectivity index (χ4n) is 2.50. The predicted octanol–water partition coefficient (Wildman–Crippen LogP) is 3.21. The summed E-state index contributed by atoms with van der Waals surface area (Å²) in [5, 5.41) is 1.69. The van der Waals surface area contributed by atoms with Crippen molar-refractivity contribution in [3.63, 3.8) is 0 Å². The van der Waals surface area contributed by atoms with Gasteiger partial charge in [-0.15, -0.1) is 0 Å². The molecule has 3 rings (SSSR count). The zero-order valence-corrected chi connectivity index (χ0v) is 14.0. The molecule has 0 aliphatic carbocycles. The number of fused-ring (bicyclic) bond motifs is 1. The molecule has 0 heterocycles. The van der Waals surface area contributed by atoms with Crippen molar-refractivity contribution in [2.75, 3.05) is 0 Å². The third kappa shape index (κ3) is 3.80. The van der Waals surface area contributed by atoms with E-state index >= 15 is 0 Å². The molecular formula is C20H17FN2O3. The number of hydrogen-bond donors (Lipinski definition) is 2. The van der Waals surface area contributed by atoms with Crippen LogP contribution in [0, 0.1) is 5.82 Å². The smallest absolute Gasteiger partial charge is 0.279 e. The zero-order chi connectivity index (χ0) is 18.5. The fourth-order valence-corrected chi connectivity index (χ4v) is 2.50. The highest BCUT2D eigenvalue weighted by atomic mass is 19.1. The maximum Gasteiger partial charge on any atom is 0.279 e. The first-order chi connectivity index (χ1) is 12.6. The third-order valence-electron chi connectivity index (χ3n) is 3.84. The van der Waals surface area contributed by atoms with Crippen LogP contribution in [0.4, 0.5) is 4.39 Å². The molecular weight excluding hydrogens is 335 g/mol. The van der Waals surface area contributed by atoms with Crippen LogP contribution in [0.15, 0.2) is 66.7 Å². The van der Waals surface area contributed by atoms with Gasteiger partial charge in [-0.3, -0.25) is 20.4 Å². The Morgan fingerprint density at radius 3 is 2.42 bits per heavy atom. The van der Waals surface area contributed by atoms with Gasteiger partial charge in [0.15, 0.2) is 17.7 Å². The Hall–Kier alpha value is -3.41. The summed E-state index contributed by atoms with van der Waals surface area (Å²) >= 11 is 0. The maximum absolute atomic E-state index is 13.6. The Morgan fingerprint density at radius 2 is 1.62 bits per heavy atom. The van der Waals surface area contributed by atoms with Crippen molar-refractivity contribution in [1.29, 1.82) is 0 Å². The maximum atomic E-state index is 13.6. The molecule has 3 aromatic rings. The lowest BCUT2D eigenvalue weighted by atomic mass is 10.0. The Morgan fingerprint density at radius 1 is 0.923 bits per heavy atom. The first-order valence-electron chi connectivity index (χ1n) is 8.05. The van der Waals surface area contributed by atoms with Gasteiger partial charge in [-0.2, -0.15) is 0 Å². The first kappa shape index (κ1) is 17.4. The molecule has 5 nitrogen and oxygen atoms in total. The van der Waals surface area contributed by atoms with E-state index < -0.39 is 23.7 Å². The number of ether oxygens (including phenoxy) is 1. The Labute approximate surface area is 149 Å². The zero-order valence-electron chi connectivity index (χ0n) is 14.0. The number of carbonyl (C=O) groups is 2. The summed E-state index contributed by atoms with van der Waals surface area (Å²) in [7, 11) is 0. The molecule has 1 atom stereocenters. The average Bonchev–Trinajstić information content (AvgIpc) is 2.67. The minimum atomic E-state index is -0.986. The van der Waals surface area contributed by atoms with Gasteiger partial charge in [0.2, 0.25) is 0 Å². The number of para-hydroxylation sites is 1. The summed E-state index contributed by atoms with van der Waals surface area (Å²) in [4.78, 5) is 24.5. The van der Waals surface area contributed by atoms with Crippen LogP contribution in [0.3, 0.4) is 0 Å². The summed E-state index contributed by atoms with van der Waals surface area (Å²) in [6.07, 6.45) is -0.986. The summed E-state index contributed by atoms with van der Waals surface area (Å²) < 4.78 is 18.8. The number of hydrogen-bond acceptors (Lipinski definition) is 3. The van der Waals surface area contributed by atoms with E-state index in [9.17, 15) is 14.0 Å². The molecule has 0 fully saturated rings. The van der Waals surface area contributed by atoms with E-state index in [1.165, 1.54) is 25.1 Å². The lowest BCUT2D eigenvalue weighted by molar-refractivity contribution is -0.128. The molecule has 0 saturated carbocycles. The molecule has 0 bridgehead atoms. The van der Waals surface area contributed by atoms with Crippen LogP contribution in [0.1, 0.15) is 17.3 Å². The summed E-state index contributed by atoms with van der Waals surface area (Å²) in [5.74, 6) is -1.64. The van der Waals surface area contributed by atoms with Crippen LogP contribution in [0.25, 0.3) is 10.8 Å². The molecule has 3 aromatic carbocycles. The fraction of sp³-hybridized carbons (Fsp3) is 0.100. The van der Waals surface area contributed by atoms with Gasteiger partial charge in [-0.25, -0.2) is 4.39 Å². The Bertz CT molecular complexity index is 953. The van der Waals surface area contributed by atoms with E-state index in [2.05, 4.69) is 10.9 Å². The highest BCUT2D eigenvalue weighted by Gasteiger charge is 2.18. The molecule has 1 unspecified atom stereocenters. The number of rotatable bonds is 4. The van der Waals surface area contributed by atoms with Crippen LogP contribution < -0.4 is 15.6 Å². The van der Waals surface area contributed by atoms with Gasteiger partial charge in [-0.05, 0) is 35.9 Å². The van der Waals surface area contributed by atoms with E-state index in [0.717, 1.165) is 10.8 Å². The summed E-state index contributed by atoms with van der Waals surface area (Å²) in [5.41, 5.74) is 5.10. The van der Waals surface area contributed by atoms with Crippen LogP contribution in [-0.4, -0.2) is 17.9 Å². The van der Waals surface area contributed by atoms with Gasteiger partial charge >= 0.3 is 0 Å². The molecule has 0 aliphatic heterocycles. The monoisotopic (exact) mass is 352 g/mol. The van der Waals surface area contributed by atoms with E-state index in [1.54, 1.807) is 18.2 Å². The molecule has 132 valence electrons. The van der Waals surface area contributed by atoms with Crippen molar-refractivity contribution in [3.05, 3.63) is 78.1 Å². The standard InChI is InChI=1S/C20H17FN2O3/c1-13(26-18-12-5-4-11-17(18)21)19(24)22-23-20(25)16-10-6-8-14-7-2-3-9-15(14)16/h2-13H,1H3,(H,22,24)(H,23,25). The second-order valence-electron chi connectivity index (χ2n) is 5.66. The van der Waals surface area contributed by atoms with Crippen LogP contribution in [0.5, 0.6) is 5.75 Å². The molecule has 0 saturated heterocycles. The van der Waals surface area contributed by atoms with E-state index in [-0.39, 0.29) is 5.75 Å². The van der Waals surface area contributed by atoms with Gasteiger partial charge in [-0.1, -0.05) is 48.5 Å². The number of benzene rings is 3. The lowest BCUT2D eigenvalue weighted by Gasteiger charge is -2.15. The van der Waals surface area contributed by atoms with Gasteiger partial charge in [0, 0.05) is 5.56 Å². The van der Waals surface area contributed by atoms with Crippen molar-refractivity contribution in [2.24, 2.45) is 0 Å². The van der Waals surface area contributed by atoms with E-state index in [1.807, 2.05) is 30.3 Å². The number of hydrazine groups is 1. The van der Waals surface area contributed by atoms with Gasteiger partial charge in [0.1, 0.15) is 0 Å². The minimum absolute atomic E-state index is 0.0319.